The molecular formula is C22H22ClF3N2O6. The van der Waals surface area contributed by atoms with Crippen LogP contribution < -0.4 is 14.8 Å². The number of carboxylic acid groups (broad SMARTS) is 1. The molecule has 1 aliphatic carbocycles. The van der Waals surface area contributed by atoms with E-state index in [4.69, 9.17) is 30.9 Å². The number of hydrogen-bond acceptors (Lipinski definition) is 6. The van der Waals surface area contributed by atoms with Gasteiger partial charge >= 0.3 is 18.2 Å². The van der Waals surface area contributed by atoms with Gasteiger partial charge in [0.15, 0.2) is 6.61 Å². The van der Waals surface area contributed by atoms with E-state index in [1.165, 1.54) is 12.1 Å². The maximum absolute atomic E-state index is 12.9. The second-order valence-corrected chi connectivity index (χ2v) is 8.03. The van der Waals surface area contributed by atoms with E-state index in [1.54, 1.807) is 6.07 Å². The lowest BCUT2D eigenvalue weighted by molar-refractivity contribution is -0.139. The molecule has 1 saturated carbocycles. The summed E-state index contributed by atoms with van der Waals surface area (Å²) in [5, 5.41) is 11.1. The SMILES string of the molecule is O=C(O)COc1ccc(CCCOC(=O)NCC2CC2)c(Oc2ncc(C(F)(F)F)cc2Cl)c1. The molecule has 1 aliphatic rings. The number of carboxylic acids is 1. The van der Waals surface area contributed by atoms with Crippen molar-refractivity contribution in [1.82, 2.24) is 10.3 Å². The molecule has 0 saturated heterocycles. The number of amides is 1. The molecule has 1 heterocycles. The minimum Gasteiger partial charge on any atom is -0.482 e. The van der Waals surface area contributed by atoms with Gasteiger partial charge in [0.1, 0.15) is 16.5 Å². The number of pyridine rings is 1. The Balaban J connectivity index is 1.67. The summed E-state index contributed by atoms with van der Waals surface area (Å²) in [7, 11) is 0. The van der Waals surface area contributed by atoms with Gasteiger partial charge in [-0.15, -0.1) is 0 Å². The fourth-order valence-corrected chi connectivity index (χ4v) is 3.06. The zero-order chi connectivity index (χ0) is 24.7. The van der Waals surface area contributed by atoms with Gasteiger partial charge in [0.2, 0.25) is 5.88 Å². The summed E-state index contributed by atoms with van der Waals surface area (Å²) in [5.74, 6) is -0.590. The highest BCUT2D eigenvalue weighted by Crippen LogP contribution is 2.36. The molecule has 1 aromatic heterocycles. The molecule has 0 unspecified atom stereocenters. The number of nitrogens with zero attached hydrogens (tertiary/aromatic N) is 1. The van der Waals surface area contributed by atoms with E-state index in [0.29, 0.717) is 43.1 Å². The Hall–Kier alpha value is -3.21. The van der Waals surface area contributed by atoms with Crippen LogP contribution in [0.15, 0.2) is 30.5 Å². The first kappa shape index (κ1) is 25.4. The molecule has 1 aromatic carbocycles. The second-order valence-electron chi connectivity index (χ2n) is 7.63. The molecule has 1 amide bonds. The number of benzene rings is 1. The molecule has 8 nitrogen and oxygen atoms in total. The number of aromatic nitrogens is 1. The zero-order valence-corrected chi connectivity index (χ0v) is 18.6. The lowest BCUT2D eigenvalue weighted by atomic mass is 10.1. The molecule has 0 radical (unpaired) electrons. The predicted molar refractivity (Wildman–Crippen MR) is 114 cm³/mol. The number of alkyl carbamates (subject to hydrolysis) is 1. The number of carbonyl (C=O) groups excluding carboxylic acids is 1. The van der Waals surface area contributed by atoms with Crippen LogP contribution in [-0.2, 0) is 22.1 Å². The molecule has 12 heteroatoms. The first-order valence-electron chi connectivity index (χ1n) is 10.4. The van der Waals surface area contributed by atoms with Crippen LogP contribution >= 0.6 is 11.6 Å². The highest BCUT2D eigenvalue weighted by Gasteiger charge is 2.32. The van der Waals surface area contributed by atoms with Gasteiger partial charge in [0.05, 0.1) is 12.2 Å². The monoisotopic (exact) mass is 502 g/mol. The third-order valence-electron chi connectivity index (χ3n) is 4.80. The van der Waals surface area contributed by atoms with Crippen molar-refractivity contribution in [2.45, 2.75) is 31.9 Å². The summed E-state index contributed by atoms with van der Waals surface area (Å²) in [6.45, 7) is 0.129. The second kappa shape index (κ2) is 11.3. The Morgan fingerprint density at radius 1 is 1.24 bits per heavy atom. The summed E-state index contributed by atoms with van der Waals surface area (Å²) >= 11 is 5.94. The van der Waals surface area contributed by atoms with Gasteiger partial charge in [-0.3, -0.25) is 0 Å². The third kappa shape index (κ3) is 7.98. The number of nitrogens with one attached hydrogen (secondary N) is 1. The maximum Gasteiger partial charge on any atom is 0.417 e. The van der Waals surface area contributed by atoms with Crippen LogP contribution in [0.25, 0.3) is 0 Å². The fourth-order valence-electron chi connectivity index (χ4n) is 2.86. The Kier molecular flexibility index (Phi) is 8.43. The van der Waals surface area contributed by atoms with E-state index in [9.17, 15) is 22.8 Å². The molecular weight excluding hydrogens is 481 g/mol. The van der Waals surface area contributed by atoms with Crippen molar-refractivity contribution in [3.05, 3.63) is 46.6 Å². The topological polar surface area (TPSA) is 107 Å². The zero-order valence-electron chi connectivity index (χ0n) is 17.9. The van der Waals surface area contributed by atoms with Crippen LogP contribution in [0.1, 0.15) is 30.4 Å². The first-order chi connectivity index (χ1) is 16.1. The average molecular weight is 503 g/mol. The smallest absolute Gasteiger partial charge is 0.417 e. The minimum absolute atomic E-state index is 0.131. The van der Waals surface area contributed by atoms with Crippen molar-refractivity contribution >= 4 is 23.7 Å². The van der Waals surface area contributed by atoms with Crippen LogP contribution in [-0.4, -0.2) is 41.9 Å². The molecule has 2 aromatic rings. The highest BCUT2D eigenvalue weighted by molar-refractivity contribution is 6.31. The number of aryl methyl sites for hydroxylation is 1. The van der Waals surface area contributed by atoms with Gasteiger partial charge in [0, 0.05) is 18.8 Å². The van der Waals surface area contributed by atoms with E-state index in [-0.39, 0.29) is 29.0 Å². The van der Waals surface area contributed by atoms with E-state index < -0.39 is 30.4 Å². The largest absolute Gasteiger partial charge is 0.482 e. The Bertz CT molecular complexity index is 1030. The quantitative estimate of drug-likeness (QED) is 0.413. The number of hydrogen-bond donors (Lipinski definition) is 2. The van der Waals surface area contributed by atoms with Crippen LogP contribution in [0.3, 0.4) is 0 Å². The molecule has 0 spiro atoms. The molecule has 0 atom stereocenters. The van der Waals surface area contributed by atoms with Crippen molar-refractivity contribution in [3.63, 3.8) is 0 Å². The number of halogens is 4. The normalized spacial score (nSPS) is 13.3. The Morgan fingerprint density at radius 2 is 2.00 bits per heavy atom. The fraction of sp³-hybridized carbons (Fsp3) is 0.409. The summed E-state index contributed by atoms with van der Waals surface area (Å²) in [4.78, 5) is 26.1. The number of carbonyl (C=O) groups is 2. The van der Waals surface area contributed by atoms with Crippen LogP contribution in [0.2, 0.25) is 5.02 Å². The minimum atomic E-state index is -4.62. The number of aliphatic carboxylic acids is 1. The predicted octanol–water partition coefficient (Wildman–Crippen LogP) is 5.08. The lowest BCUT2D eigenvalue weighted by Gasteiger charge is -2.14. The first-order valence-corrected chi connectivity index (χ1v) is 10.8. The standard InChI is InChI=1S/C22H22ClF3N2O6/c23-17-8-15(22(24,25)26)11-27-20(17)34-18-9-16(33-12-19(29)30)6-5-14(18)2-1-7-32-21(31)28-10-13-3-4-13/h5-6,8-9,11,13H,1-4,7,10,12H2,(H,28,31)(H,29,30). The summed E-state index contributed by atoms with van der Waals surface area (Å²) in [6.07, 6.45) is -1.50. The number of rotatable bonds is 11. The van der Waals surface area contributed by atoms with Crippen LogP contribution in [0, 0.1) is 5.92 Å². The van der Waals surface area contributed by atoms with Crippen molar-refractivity contribution in [3.8, 4) is 17.4 Å². The van der Waals surface area contributed by atoms with Crippen molar-refractivity contribution in [2.75, 3.05) is 19.8 Å². The summed E-state index contributed by atoms with van der Waals surface area (Å²) < 4.78 is 54.5. The van der Waals surface area contributed by atoms with Gasteiger partial charge in [-0.05, 0) is 49.3 Å². The summed E-state index contributed by atoms with van der Waals surface area (Å²) in [5.41, 5.74) is -0.428. The molecule has 34 heavy (non-hydrogen) atoms. The highest BCUT2D eigenvalue weighted by atomic mass is 35.5. The van der Waals surface area contributed by atoms with Crippen molar-refractivity contribution < 1.29 is 42.1 Å². The Morgan fingerprint density at radius 3 is 2.65 bits per heavy atom. The van der Waals surface area contributed by atoms with E-state index in [1.807, 2.05) is 0 Å². The van der Waals surface area contributed by atoms with E-state index >= 15 is 0 Å². The average Bonchev–Trinajstić information content (AvgIpc) is 3.60. The molecule has 2 N–H and O–H groups in total. The van der Waals surface area contributed by atoms with E-state index in [2.05, 4.69) is 10.3 Å². The van der Waals surface area contributed by atoms with Gasteiger partial charge in [-0.25, -0.2) is 14.6 Å². The van der Waals surface area contributed by atoms with Gasteiger partial charge in [-0.1, -0.05) is 17.7 Å². The lowest BCUT2D eigenvalue weighted by Crippen LogP contribution is -2.26. The number of alkyl halides is 3. The molecule has 3 rings (SSSR count). The van der Waals surface area contributed by atoms with Gasteiger partial charge in [0.25, 0.3) is 0 Å². The molecule has 0 aliphatic heterocycles. The van der Waals surface area contributed by atoms with Crippen molar-refractivity contribution in [1.29, 1.82) is 0 Å². The molecule has 1 fully saturated rings. The number of ether oxygens (including phenoxy) is 3. The van der Waals surface area contributed by atoms with Crippen LogP contribution in [0.5, 0.6) is 17.4 Å². The summed E-state index contributed by atoms with van der Waals surface area (Å²) in [6, 6.07) is 5.22. The van der Waals surface area contributed by atoms with Crippen molar-refractivity contribution in [2.24, 2.45) is 5.92 Å². The Labute approximate surface area is 198 Å². The van der Waals surface area contributed by atoms with Gasteiger partial charge < -0.3 is 24.6 Å². The molecule has 0 bridgehead atoms. The third-order valence-corrected chi connectivity index (χ3v) is 5.07. The van der Waals surface area contributed by atoms with Gasteiger partial charge in [-0.2, -0.15) is 13.2 Å². The van der Waals surface area contributed by atoms with E-state index in [0.717, 1.165) is 12.8 Å². The van der Waals surface area contributed by atoms with Crippen LogP contribution in [0.4, 0.5) is 18.0 Å². The molecule has 184 valence electrons. The maximum atomic E-state index is 12.9.